The van der Waals surface area contributed by atoms with Crippen molar-refractivity contribution in [2.45, 2.75) is 38.8 Å². The number of anilines is 1. The number of amides is 2. The molecule has 34 heavy (non-hydrogen) atoms. The van der Waals surface area contributed by atoms with E-state index < -0.39 is 35.4 Å². The van der Waals surface area contributed by atoms with Gasteiger partial charge in [0.1, 0.15) is 23.8 Å². The van der Waals surface area contributed by atoms with Crippen LogP contribution in [0.5, 0.6) is 0 Å². The molecule has 12 nitrogen and oxygen atoms in total. The summed E-state index contributed by atoms with van der Waals surface area (Å²) >= 11 is 0. The summed E-state index contributed by atoms with van der Waals surface area (Å²) in [4.78, 5) is 55.6. The van der Waals surface area contributed by atoms with Crippen molar-refractivity contribution < 1.29 is 24.2 Å². The maximum Gasteiger partial charge on any atom is 0.408 e. The Labute approximate surface area is 194 Å². The molecule has 3 N–H and O–H groups in total. The number of ether oxygens (including phenoxy) is 1. The van der Waals surface area contributed by atoms with Gasteiger partial charge in [0.15, 0.2) is 0 Å². The Morgan fingerprint density at radius 1 is 1.12 bits per heavy atom. The number of alkyl carbamates (subject to hydrolysis) is 1. The highest BCUT2D eigenvalue weighted by molar-refractivity contribution is 5.89. The van der Waals surface area contributed by atoms with Crippen molar-refractivity contribution in [1.82, 2.24) is 24.4 Å². The largest absolute Gasteiger partial charge is 0.480 e. The zero-order valence-electron chi connectivity index (χ0n) is 18.8. The Hall–Kier alpha value is -4.48. The Bertz CT molecular complexity index is 1230. The first-order valence-corrected chi connectivity index (χ1v) is 10.2. The van der Waals surface area contributed by atoms with Gasteiger partial charge >= 0.3 is 23.8 Å². The molecule has 178 valence electrons. The second-order valence-corrected chi connectivity index (χ2v) is 8.27. The van der Waals surface area contributed by atoms with Crippen LogP contribution in [0.1, 0.15) is 26.3 Å². The van der Waals surface area contributed by atoms with Gasteiger partial charge in [-0.3, -0.25) is 14.5 Å². The number of aliphatic carboxylic acids is 1. The molecule has 3 rings (SSSR count). The van der Waals surface area contributed by atoms with Gasteiger partial charge in [-0.15, -0.1) is 0 Å². The summed E-state index contributed by atoms with van der Waals surface area (Å²) in [6.07, 6.45) is 4.86. The van der Waals surface area contributed by atoms with Crippen LogP contribution in [-0.2, 0) is 16.0 Å². The number of carboxylic acids is 1. The number of rotatable bonds is 6. The van der Waals surface area contributed by atoms with Crippen LogP contribution >= 0.6 is 0 Å². The van der Waals surface area contributed by atoms with Crippen LogP contribution < -0.4 is 16.3 Å². The van der Waals surface area contributed by atoms with Crippen molar-refractivity contribution in [2.24, 2.45) is 0 Å². The lowest BCUT2D eigenvalue weighted by Gasteiger charge is -2.22. The molecule has 0 spiro atoms. The maximum absolute atomic E-state index is 12.4. The number of hydrogen-bond donors (Lipinski definition) is 3. The van der Waals surface area contributed by atoms with E-state index in [0.29, 0.717) is 11.3 Å². The summed E-state index contributed by atoms with van der Waals surface area (Å²) in [6.45, 7) is 5.04. The fourth-order valence-electron chi connectivity index (χ4n) is 2.90. The second kappa shape index (κ2) is 9.98. The van der Waals surface area contributed by atoms with Gasteiger partial charge in [0.2, 0.25) is 0 Å². The molecule has 0 saturated heterocycles. The summed E-state index contributed by atoms with van der Waals surface area (Å²) < 4.78 is 7.58. The van der Waals surface area contributed by atoms with Crippen LogP contribution in [0.2, 0.25) is 0 Å². The van der Waals surface area contributed by atoms with E-state index in [2.05, 4.69) is 20.6 Å². The average molecular weight is 468 g/mol. The molecular weight excluding hydrogens is 444 g/mol. The van der Waals surface area contributed by atoms with Gasteiger partial charge in [-0.1, -0.05) is 12.1 Å². The monoisotopic (exact) mass is 468 g/mol. The molecule has 0 saturated carbocycles. The molecule has 2 aromatic heterocycles. The van der Waals surface area contributed by atoms with Crippen molar-refractivity contribution in [3.8, 4) is 5.69 Å². The molecule has 0 bridgehead atoms. The molecule has 0 radical (unpaired) electrons. The predicted octanol–water partition coefficient (Wildman–Crippen LogP) is 2.03. The van der Waals surface area contributed by atoms with Gasteiger partial charge in [0.25, 0.3) is 0 Å². The first-order valence-electron chi connectivity index (χ1n) is 10.2. The number of carbonyl (C=O) groups excluding carboxylic acids is 2. The number of carbonyl (C=O) groups is 3. The fourth-order valence-corrected chi connectivity index (χ4v) is 2.90. The standard InChI is InChI=1S/C22H24N6O6/c1-22(2,3)34-21(33)24-16(18(29)30)12-14-4-6-15(7-5-14)28-10-8-17(26-20(28)32)25-19(31)27-11-9-23-13-27/h4-11,13,16H,12H2,1-3H3,(H,24,33)(H,29,30)(H,25,26,31,32). The smallest absolute Gasteiger partial charge is 0.408 e. The number of aromatic nitrogens is 4. The van der Waals surface area contributed by atoms with Gasteiger partial charge in [-0.05, 0) is 44.5 Å². The third kappa shape index (κ3) is 6.51. The summed E-state index contributed by atoms with van der Waals surface area (Å²) in [7, 11) is 0. The van der Waals surface area contributed by atoms with Crippen LogP contribution in [0.25, 0.3) is 5.69 Å². The van der Waals surface area contributed by atoms with Gasteiger partial charge in [0, 0.05) is 25.0 Å². The second-order valence-electron chi connectivity index (χ2n) is 8.27. The van der Waals surface area contributed by atoms with Gasteiger partial charge in [-0.2, -0.15) is 4.98 Å². The minimum absolute atomic E-state index is 0.0151. The van der Waals surface area contributed by atoms with Crippen LogP contribution in [0.4, 0.5) is 15.4 Å². The lowest BCUT2D eigenvalue weighted by molar-refractivity contribution is -0.139. The molecule has 1 unspecified atom stereocenters. The lowest BCUT2D eigenvalue weighted by Crippen LogP contribution is -2.44. The molecule has 1 atom stereocenters. The summed E-state index contributed by atoms with van der Waals surface area (Å²) in [5, 5.41) is 14.3. The highest BCUT2D eigenvalue weighted by atomic mass is 16.6. The van der Waals surface area contributed by atoms with Crippen molar-refractivity contribution >= 4 is 23.9 Å². The molecule has 2 heterocycles. The zero-order chi connectivity index (χ0) is 24.9. The Morgan fingerprint density at radius 3 is 2.38 bits per heavy atom. The van der Waals surface area contributed by atoms with Crippen molar-refractivity contribution in [3.63, 3.8) is 0 Å². The van der Waals surface area contributed by atoms with E-state index in [4.69, 9.17) is 4.74 Å². The molecule has 3 aromatic rings. The minimum atomic E-state index is -1.20. The minimum Gasteiger partial charge on any atom is -0.480 e. The normalized spacial score (nSPS) is 12.0. The Morgan fingerprint density at radius 2 is 1.82 bits per heavy atom. The fraction of sp³-hybridized carbons (Fsp3) is 0.273. The van der Waals surface area contributed by atoms with Gasteiger partial charge < -0.3 is 15.2 Å². The lowest BCUT2D eigenvalue weighted by atomic mass is 10.1. The van der Waals surface area contributed by atoms with E-state index in [9.17, 15) is 24.3 Å². The van der Waals surface area contributed by atoms with Crippen LogP contribution in [0.3, 0.4) is 0 Å². The number of carboxylic acid groups (broad SMARTS) is 1. The van der Waals surface area contributed by atoms with Crippen LogP contribution in [-0.4, -0.2) is 53.9 Å². The highest BCUT2D eigenvalue weighted by Crippen LogP contribution is 2.12. The summed E-state index contributed by atoms with van der Waals surface area (Å²) in [6, 6.07) is 6.29. The zero-order valence-corrected chi connectivity index (χ0v) is 18.8. The number of hydrogen-bond acceptors (Lipinski definition) is 7. The Balaban J connectivity index is 1.68. The van der Waals surface area contributed by atoms with Gasteiger partial charge in [0.05, 0.1) is 5.69 Å². The van der Waals surface area contributed by atoms with E-state index in [1.165, 1.54) is 40.1 Å². The highest BCUT2D eigenvalue weighted by Gasteiger charge is 2.24. The molecule has 0 aliphatic heterocycles. The Kier molecular flexibility index (Phi) is 7.09. The van der Waals surface area contributed by atoms with E-state index >= 15 is 0 Å². The first kappa shape index (κ1) is 24.2. The molecule has 1 aromatic carbocycles. The third-order valence-electron chi connectivity index (χ3n) is 4.42. The molecule has 0 fully saturated rings. The molecular formula is C22H24N6O6. The maximum atomic E-state index is 12.4. The van der Waals surface area contributed by atoms with E-state index in [1.807, 2.05) is 0 Å². The topological polar surface area (TPSA) is 157 Å². The number of benzene rings is 1. The predicted molar refractivity (Wildman–Crippen MR) is 121 cm³/mol. The summed E-state index contributed by atoms with van der Waals surface area (Å²) in [5.41, 5.74) is -0.266. The molecule has 12 heteroatoms. The van der Waals surface area contributed by atoms with E-state index in [1.54, 1.807) is 45.0 Å². The van der Waals surface area contributed by atoms with E-state index in [0.717, 1.165) is 0 Å². The summed E-state index contributed by atoms with van der Waals surface area (Å²) in [5.74, 6) is -1.13. The third-order valence-corrected chi connectivity index (χ3v) is 4.42. The van der Waals surface area contributed by atoms with Crippen molar-refractivity contribution in [3.05, 3.63) is 71.3 Å². The molecule has 2 amide bonds. The first-order chi connectivity index (χ1) is 16.0. The number of nitrogens with one attached hydrogen (secondary N) is 2. The van der Waals surface area contributed by atoms with Crippen LogP contribution in [0, 0.1) is 0 Å². The van der Waals surface area contributed by atoms with Crippen LogP contribution in [0.15, 0.2) is 60.0 Å². The number of nitrogens with zero attached hydrogens (tertiary/aromatic N) is 4. The molecule has 0 aliphatic carbocycles. The quantitative estimate of drug-likeness (QED) is 0.496. The van der Waals surface area contributed by atoms with Gasteiger partial charge in [-0.25, -0.2) is 24.2 Å². The average Bonchev–Trinajstić information content (AvgIpc) is 3.28. The van der Waals surface area contributed by atoms with Crippen molar-refractivity contribution in [1.29, 1.82) is 0 Å². The number of imidazole rings is 1. The van der Waals surface area contributed by atoms with E-state index in [-0.39, 0.29) is 12.2 Å². The van der Waals surface area contributed by atoms with Crippen molar-refractivity contribution in [2.75, 3.05) is 5.32 Å². The SMILES string of the molecule is CC(C)(C)OC(=O)NC(Cc1ccc(-n2ccc(NC(=O)n3ccnc3)nc2=O)cc1)C(=O)O. The molecule has 0 aliphatic rings.